The maximum atomic E-state index is 12.6. The molecule has 26 heavy (non-hydrogen) atoms. The number of carbonyl (C=O) groups excluding carboxylic acids is 1. The molecule has 0 saturated heterocycles. The second-order valence-corrected chi connectivity index (χ2v) is 8.24. The van der Waals surface area contributed by atoms with Gasteiger partial charge < -0.3 is 9.84 Å². The monoisotopic (exact) mass is 366 g/mol. The molecule has 1 rings (SSSR count). The molecule has 0 aromatic rings. The van der Waals surface area contributed by atoms with Gasteiger partial charge in [0, 0.05) is 0 Å². The van der Waals surface area contributed by atoms with Gasteiger partial charge in [-0.05, 0) is 37.5 Å². The number of esters is 1. The van der Waals surface area contributed by atoms with E-state index in [0.717, 1.165) is 25.2 Å². The summed E-state index contributed by atoms with van der Waals surface area (Å²) >= 11 is 0. The SMILES string of the molecule is CCC(C)C(CCCCCCC(C)C)OC(=O)C1CC=CCC1C(=O)O. The number of carbonyl (C=O) groups is 2. The first-order valence-corrected chi connectivity index (χ1v) is 10.4. The molecule has 4 heteroatoms. The van der Waals surface area contributed by atoms with Crippen LogP contribution in [0, 0.1) is 23.7 Å². The summed E-state index contributed by atoms with van der Waals surface area (Å²) in [4.78, 5) is 24.1. The molecule has 0 fully saturated rings. The Labute approximate surface area is 159 Å². The number of ether oxygens (including phenoxy) is 1. The van der Waals surface area contributed by atoms with Crippen molar-refractivity contribution in [2.24, 2.45) is 23.7 Å². The molecule has 1 N–H and O–H groups in total. The molecule has 0 aliphatic heterocycles. The number of carboxylic acid groups (broad SMARTS) is 1. The van der Waals surface area contributed by atoms with Crippen molar-refractivity contribution in [2.75, 3.05) is 0 Å². The topological polar surface area (TPSA) is 63.6 Å². The third kappa shape index (κ3) is 7.92. The Morgan fingerprint density at radius 2 is 1.58 bits per heavy atom. The smallest absolute Gasteiger partial charge is 0.310 e. The molecule has 1 aliphatic rings. The molecule has 4 nitrogen and oxygen atoms in total. The van der Waals surface area contributed by atoms with E-state index in [-0.39, 0.29) is 12.1 Å². The molecular formula is C22H38O4. The summed E-state index contributed by atoms with van der Waals surface area (Å²) in [6.07, 6.45) is 12.4. The highest BCUT2D eigenvalue weighted by Crippen LogP contribution is 2.29. The van der Waals surface area contributed by atoms with E-state index in [4.69, 9.17) is 4.74 Å². The lowest BCUT2D eigenvalue weighted by Crippen LogP contribution is -2.36. The lowest BCUT2D eigenvalue weighted by atomic mass is 9.83. The molecule has 0 radical (unpaired) electrons. The Kier molecular flexibility index (Phi) is 10.6. The average molecular weight is 367 g/mol. The molecule has 0 aromatic carbocycles. The first kappa shape index (κ1) is 22.7. The van der Waals surface area contributed by atoms with Crippen LogP contribution in [-0.2, 0) is 14.3 Å². The van der Waals surface area contributed by atoms with Gasteiger partial charge >= 0.3 is 11.9 Å². The van der Waals surface area contributed by atoms with Crippen LogP contribution in [0.1, 0.15) is 85.5 Å². The van der Waals surface area contributed by atoms with Gasteiger partial charge in [-0.3, -0.25) is 9.59 Å². The minimum absolute atomic E-state index is 0.0991. The standard InChI is InChI=1S/C22H38O4/c1-5-17(4)20(15-9-7-6-8-12-16(2)3)26-22(25)19-14-11-10-13-18(19)21(23)24/h10-11,16-20H,5-9,12-15H2,1-4H3,(H,23,24). The summed E-state index contributed by atoms with van der Waals surface area (Å²) in [5, 5.41) is 9.37. The average Bonchev–Trinajstić information content (AvgIpc) is 2.62. The molecule has 0 amide bonds. The summed E-state index contributed by atoms with van der Waals surface area (Å²) in [5.74, 6) is -1.36. The first-order valence-electron chi connectivity index (χ1n) is 10.4. The Bertz CT molecular complexity index is 455. The second kappa shape index (κ2) is 12.1. The molecule has 4 atom stereocenters. The van der Waals surface area contributed by atoms with Gasteiger partial charge in [-0.15, -0.1) is 0 Å². The maximum absolute atomic E-state index is 12.6. The van der Waals surface area contributed by atoms with E-state index >= 15 is 0 Å². The lowest BCUT2D eigenvalue weighted by Gasteiger charge is -2.28. The van der Waals surface area contributed by atoms with Gasteiger partial charge in [0.05, 0.1) is 11.8 Å². The van der Waals surface area contributed by atoms with Crippen LogP contribution in [0.3, 0.4) is 0 Å². The Balaban J connectivity index is 2.51. The fourth-order valence-electron chi connectivity index (χ4n) is 3.56. The number of carboxylic acids is 1. The van der Waals surface area contributed by atoms with Crippen LogP contribution in [0.2, 0.25) is 0 Å². The van der Waals surface area contributed by atoms with E-state index in [1.54, 1.807) is 0 Å². The van der Waals surface area contributed by atoms with Crippen molar-refractivity contribution in [1.82, 2.24) is 0 Å². The number of hydrogen-bond donors (Lipinski definition) is 1. The largest absolute Gasteiger partial charge is 0.481 e. The summed E-state index contributed by atoms with van der Waals surface area (Å²) in [6.45, 7) is 8.73. The molecule has 0 bridgehead atoms. The minimum Gasteiger partial charge on any atom is -0.481 e. The van der Waals surface area contributed by atoms with Crippen molar-refractivity contribution >= 4 is 11.9 Å². The third-order valence-electron chi connectivity index (χ3n) is 5.62. The lowest BCUT2D eigenvalue weighted by molar-refractivity contribution is -0.164. The van der Waals surface area contributed by atoms with Crippen LogP contribution in [0.4, 0.5) is 0 Å². The number of allylic oxidation sites excluding steroid dienone is 2. The van der Waals surface area contributed by atoms with Gasteiger partial charge in [0.15, 0.2) is 0 Å². The van der Waals surface area contributed by atoms with Crippen LogP contribution < -0.4 is 0 Å². The molecular weight excluding hydrogens is 328 g/mol. The summed E-state index contributed by atoms with van der Waals surface area (Å²) in [5.41, 5.74) is 0. The van der Waals surface area contributed by atoms with Crippen molar-refractivity contribution in [2.45, 2.75) is 91.6 Å². The van der Waals surface area contributed by atoms with E-state index in [9.17, 15) is 14.7 Å². The first-order chi connectivity index (χ1) is 12.4. The maximum Gasteiger partial charge on any atom is 0.310 e. The quantitative estimate of drug-likeness (QED) is 0.277. The van der Waals surface area contributed by atoms with E-state index in [2.05, 4.69) is 27.7 Å². The van der Waals surface area contributed by atoms with Crippen molar-refractivity contribution in [3.63, 3.8) is 0 Å². The van der Waals surface area contributed by atoms with Crippen LogP contribution in [0.25, 0.3) is 0 Å². The van der Waals surface area contributed by atoms with Crippen LogP contribution >= 0.6 is 0 Å². The van der Waals surface area contributed by atoms with Gasteiger partial charge in [-0.1, -0.05) is 72.0 Å². The number of aliphatic carboxylic acids is 1. The third-order valence-corrected chi connectivity index (χ3v) is 5.62. The van der Waals surface area contributed by atoms with Crippen molar-refractivity contribution in [3.05, 3.63) is 12.2 Å². The molecule has 4 unspecified atom stereocenters. The second-order valence-electron chi connectivity index (χ2n) is 8.24. The Morgan fingerprint density at radius 1 is 1.00 bits per heavy atom. The zero-order valence-corrected chi connectivity index (χ0v) is 17.1. The van der Waals surface area contributed by atoms with Crippen LogP contribution in [-0.4, -0.2) is 23.1 Å². The highest BCUT2D eigenvalue weighted by molar-refractivity contribution is 5.81. The van der Waals surface area contributed by atoms with E-state index < -0.39 is 17.8 Å². The number of unbranched alkanes of at least 4 members (excludes halogenated alkanes) is 3. The van der Waals surface area contributed by atoms with E-state index in [1.165, 1.54) is 25.7 Å². The molecule has 1 aliphatic carbocycles. The Morgan fingerprint density at radius 3 is 2.12 bits per heavy atom. The summed E-state index contributed by atoms with van der Waals surface area (Å²) < 4.78 is 5.83. The summed E-state index contributed by atoms with van der Waals surface area (Å²) in [7, 11) is 0. The van der Waals surface area contributed by atoms with Gasteiger partial charge in [-0.2, -0.15) is 0 Å². The van der Waals surface area contributed by atoms with E-state index in [1.807, 2.05) is 12.2 Å². The highest BCUT2D eigenvalue weighted by Gasteiger charge is 2.36. The van der Waals surface area contributed by atoms with Gasteiger partial charge in [-0.25, -0.2) is 0 Å². The van der Waals surface area contributed by atoms with Crippen molar-refractivity contribution in [1.29, 1.82) is 0 Å². The number of rotatable bonds is 12. The fourth-order valence-corrected chi connectivity index (χ4v) is 3.56. The fraction of sp³-hybridized carbons (Fsp3) is 0.818. The highest BCUT2D eigenvalue weighted by atomic mass is 16.5. The molecule has 0 spiro atoms. The molecule has 150 valence electrons. The van der Waals surface area contributed by atoms with Gasteiger partial charge in [0.2, 0.25) is 0 Å². The predicted octanol–water partition coefficient (Wildman–Crippen LogP) is 5.61. The van der Waals surface area contributed by atoms with E-state index in [0.29, 0.717) is 18.8 Å². The van der Waals surface area contributed by atoms with Crippen molar-refractivity contribution < 1.29 is 19.4 Å². The van der Waals surface area contributed by atoms with Crippen LogP contribution in [0.5, 0.6) is 0 Å². The predicted molar refractivity (Wildman–Crippen MR) is 105 cm³/mol. The van der Waals surface area contributed by atoms with Crippen molar-refractivity contribution in [3.8, 4) is 0 Å². The molecule has 0 saturated carbocycles. The number of hydrogen-bond acceptors (Lipinski definition) is 3. The summed E-state index contributed by atoms with van der Waals surface area (Å²) in [6, 6.07) is 0. The van der Waals surface area contributed by atoms with Gasteiger partial charge in [0.25, 0.3) is 0 Å². The minimum atomic E-state index is -0.901. The van der Waals surface area contributed by atoms with Gasteiger partial charge in [0.1, 0.15) is 6.10 Å². The zero-order valence-electron chi connectivity index (χ0n) is 17.1. The molecule has 0 aromatic heterocycles. The Hall–Kier alpha value is -1.32. The molecule has 0 heterocycles. The van der Waals surface area contributed by atoms with Crippen LogP contribution in [0.15, 0.2) is 12.2 Å². The zero-order chi connectivity index (χ0) is 19.5. The normalized spacial score (nSPS) is 22.2.